The number of hydrogen-bond acceptors (Lipinski definition) is 0. The molecule has 0 spiro atoms. The highest BCUT2D eigenvalue weighted by atomic mass is 79.9. The van der Waals surface area contributed by atoms with Crippen LogP contribution in [0.1, 0.15) is 20.3 Å². The van der Waals surface area contributed by atoms with Crippen molar-refractivity contribution in [2.24, 2.45) is 5.92 Å². The van der Waals surface area contributed by atoms with Gasteiger partial charge >= 0.3 is 0 Å². The fourth-order valence-corrected chi connectivity index (χ4v) is 1.92. The van der Waals surface area contributed by atoms with E-state index in [1.807, 2.05) is 6.92 Å². The van der Waals surface area contributed by atoms with Crippen molar-refractivity contribution >= 4 is 31.9 Å². The van der Waals surface area contributed by atoms with Crippen molar-refractivity contribution in [3.05, 3.63) is 11.6 Å². The summed E-state index contributed by atoms with van der Waals surface area (Å²) in [6, 6.07) is 0. The molecule has 0 aliphatic carbocycles. The summed E-state index contributed by atoms with van der Waals surface area (Å²) in [5.74, 6) is 0.487. The Kier molecular flexibility index (Phi) is 7.49. The maximum absolute atomic E-state index is 10.4. The summed E-state index contributed by atoms with van der Waals surface area (Å²) in [6.07, 6.45) is 3.13. The third kappa shape index (κ3) is 6.21. The van der Waals surface area contributed by atoms with Crippen LogP contribution < -0.4 is 0 Å². The first-order valence-corrected chi connectivity index (χ1v) is 6.09. The SMILES string of the molecule is CC(=CC(C)CC(Br)CBr)C[O]. The molecule has 3 heteroatoms. The lowest BCUT2D eigenvalue weighted by atomic mass is 10.0. The van der Waals surface area contributed by atoms with Crippen LogP contribution in [0.5, 0.6) is 0 Å². The van der Waals surface area contributed by atoms with Gasteiger partial charge in [-0.2, -0.15) is 0 Å². The lowest BCUT2D eigenvalue weighted by Crippen LogP contribution is -2.05. The average molecular weight is 299 g/mol. The number of hydrogen-bond donors (Lipinski definition) is 0. The third-order valence-corrected chi connectivity index (χ3v) is 3.94. The predicted octanol–water partition coefficient (Wildman–Crippen LogP) is 3.55. The minimum atomic E-state index is -0.0778. The second-order valence-electron chi connectivity index (χ2n) is 3.12. The summed E-state index contributed by atoms with van der Waals surface area (Å²) in [7, 11) is 0. The smallest absolute Gasteiger partial charge is 0.103 e. The second kappa shape index (κ2) is 7.10. The van der Waals surface area contributed by atoms with Crippen LogP contribution in [0.2, 0.25) is 0 Å². The quantitative estimate of drug-likeness (QED) is 0.546. The number of alkyl halides is 2. The first kappa shape index (κ1) is 12.7. The van der Waals surface area contributed by atoms with Gasteiger partial charge in [-0.05, 0) is 24.8 Å². The molecule has 0 fully saturated rings. The van der Waals surface area contributed by atoms with Gasteiger partial charge in [0.15, 0.2) is 0 Å². The molecule has 2 unspecified atom stereocenters. The van der Waals surface area contributed by atoms with E-state index in [9.17, 15) is 5.11 Å². The second-order valence-corrected chi connectivity index (χ2v) is 5.06. The Balaban J connectivity index is 3.80. The zero-order chi connectivity index (χ0) is 9.56. The molecule has 1 radical (unpaired) electrons. The van der Waals surface area contributed by atoms with E-state index in [-0.39, 0.29) is 6.61 Å². The van der Waals surface area contributed by atoms with Gasteiger partial charge in [0.1, 0.15) is 6.61 Å². The van der Waals surface area contributed by atoms with E-state index in [2.05, 4.69) is 44.9 Å². The summed E-state index contributed by atoms with van der Waals surface area (Å²) >= 11 is 6.93. The molecule has 71 valence electrons. The molecule has 0 heterocycles. The van der Waals surface area contributed by atoms with E-state index in [0.29, 0.717) is 10.7 Å². The molecular weight excluding hydrogens is 284 g/mol. The summed E-state index contributed by atoms with van der Waals surface area (Å²) in [6.45, 7) is 3.95. The van der Waals surface area contributed by atoms with Crippen molar-refractivity contribution in [2.45, 2.75) is 25.1 Å². The van der Waals surface area contributed by atoms with Crippen LogP contribution in [0.15, 0.2) is 11.6 Å². The Labute approximate surface area is 91.5 Å². The van der Waals surface area contributed by atoms with Gasteiger partial charge in [-0.25, -0.2) is 5.11 Å². The molecule has 0 saturated carbocycles. The molecule has 0 rings (SSSR count). The van der Waals surface area contributed by atoms with Crippen LogP contribution in [0.3, 0.4) is 0 Å². The zero-order valence-corrected chi connectivity index (χ0v) is 10.7. The molecular formula is C9H15Br2O. The maximum Gasteiger partial charge on any atom is 0.103 e. The molecule has 0 amide bonds. The maximum atomic E-state index is 10.4. The van der Waals surface area contributed by atoms with Crippen LogP contribution in [-0.4, -0.2) is 16.8 Å². The van der Waals surface area contributed by atoms with Crippen LogP contribution >= 0.6 is 31.9 Å². The summed E-state index contributed by atoms with van der Waals surface area (Å²) in [5.41, 5.74) is 0.941. The molecule has 0 aromatic heterocycles. The van der Waals surface area contributed by atoms with Crippen molar-refractivity contribution in [2.75, 3.05) is 11.9 Å². The lowest BCUT2D eigenvalue weighted by Gasteiger charge is -2.10. The van der Waals surface area contributed by atoms with Crippen molar-refractivity contribution in [1.82, 2.24) is 0 Å². The van der Waals surface area contributed by atoms with Crippen LogP contribution in [0.4, 0.5) is 0 Å². The Morgan fingerprint density at radius 2 is 2.17 bits per heavy atom. The Hall–Kier alpha value is 0.660. The van der Waals surface area contributed by atoms with Gasteiger partial charge in [0.2, 0.25) is 0 Å². The van der Waals surface area contributed by atoms with Crippen LogP contribution in [-0.2, 0) is 5.11 Å². The van der Waals surface area contributed by atoms with E-state index < -0.39 is 0 Å². The van der Waals surface area contributed by atoms with Crippen molar-refractivity contribution < 1.29 is 5.11 Å². The highest BCUT2D eigenvalue weighted by Crippen LogP contribution is 2.17. The summed E-state index contributed by atoms with van der Waals surface area (Å²) in [4.78, 5) is 0.503. The molecule has 0 aliphatic rings. The molecule has 0 N–H and O–H groups in total. The Morgan fingerprint density at radius 1 is 1.58 bits per heavy atom. The number of halogens is 2. The number of allylic oxidation sites excluding steroid dienone is 1. The third-order valence-electron chi connectivity index (χ3n) is 1.59. The predicted molar refractivity (Wildman–Crippen MR) is 59.6 cm³/mol. The van der Waals surface area contributed by atoms with Gasteiger partial charge in [-0.1, -0.05) is 44.9 Å². The standard InChI is InChI=1S/C9H15Br2O/c1-7(3-8(2)6-12)4-9(11)5-10/h3,7,9H,4-6H2,1-2H3. The fourth-order valence-electron chi connectivity index (χ4n) is 1.07. The molecule has 0 aromatic carbocycles. The van der Waals surface area contributed by atoms with Gasteiger partial charge < -0.3 is 0 Å². The normalized spacial score (nSPS) is 17.6. The molecule has 0 aromatic rings. The van der Waals surface area contributed by atoms with E-state index in [0.717, 1.165) is 17.3 Å². The minimum absolute atomic E-state index is 0.0778. The van der Waals surface area contributed by atoms with Crippen molar-refractivity contribution in [1.29, 1.82) is 0 Å². The van der Waals surface area contributed by atoms with Crippen LogP contribution in [0, 0.1) is 5.92 Å². The molecule has 2 atom stereocenters. The molecule has 1 nitrogen and oxygen atoms in total. The largest absolute Gasteiger partial charge is 0.232 e. The molecule has 0 saturated heterocycles. The van der Waals surface area contributed by atoms with Gasteiger partial charge in [0.05, 0.1) is 0 Å². The topological polar surface area (TPSA) is 19.9 Å². The van der Waals surface area contributed by atoms with E-state index in [4.69, 9.17) is 0 Å². The van der Waals surface area contributed by atoms with E-state index >= 15 is 0 Å². The first-order valence-electron chi connectivity index (χ1n) is 4.05. The molecule has 12 heavy (non-hydrogen) atoms. The van der Waals surface area contributed by atoms with Crippen LogP contribution in [0.25, 0.3) is 0 Å². The summed E-state index contributed by atoms with van der Waals surface area (Å²) < 4.78 is 0. The Bertz CT molecular complexity index is 145. The number of rotatable bonds is 5. The molecule has 0 bridgehead atoms. The van der Waals surface area contributed by atoms with Crippen molar-refractivity contribution in [3.63, 3.8) is 0 Å². The Morgan fingerprint density at radius 3 is 2.58 bits per heavy atom. The van der Waals surface area contributed by atoms with Gasteiger partial charge in [-0.3, -0.25) is 0 Å². The van der Waals surface area contributed by atoms with E-state index in [1.165, 1.54) is 0 Å². The van der Waals surface area contributed by atoms with Gasteiger partial charge in [0.25, 0.3) is 0 Å². The average Bonchev–Trinajstić information content (AvgIpc) is 2.03. The molecule has 0 aliphatic heterocycles. The van der Waals surface area contributed by atoms with Gasteiger partial charge in [-0.15, -0.1) is 0 Å². The van der Waals surface area contributed by atoms with E-state index in [1.54, 1.807) is 0 Å². The lowest BCUT2D eigenvalue weighted by molar-refractivity contribution is 0.222. The van der Waals surface area contributed by atoms with Crippen molar-refractivity contribution in [3.8, 4) is 0 Å². The first-order chi connectivity index (χ1) is 5.60. The van der Waals surface area contributed by atoms with Gasteiger partial charge in [0, 0.05) is 10.2 Å². The highest BCUT2D eigenvalue weighted by molar-refractivity contribution is 9.12. The monoisotopic (exact) mass is 297 g/mol. The summed E-state index contributed by atoms with van der Waals surface area (Å²) in [5, 5.41) is 11.4. The highest BCUT2D eigenvalue weighted by Gasteiger charge is 2.06. The fraction of sp³-hybridized carbons (Fsp3) is 0.778. The zero-order valence-electron chi connectivity index (χ0n) is 7.52. The minimum Gasteiger partial charge on any atom is -0.232 e.